The van der Waals surface area contributed by atoms with Crippen LogP contribution in [0.2, 0.25) is 0 Å². The van der Waals surface area contributed by atoms with Gasteiger partial charge in [-0.3, -0.25) is 9.69 Å². The molecule has 1 N–H and O–H groups in total. The number of nitrogens with zero attached hydrogens (tertiary/aromatic N) is 1. The number of hydrogen-bond acceptors (Lipinski definition) is 2. The van der Waals surface area contributed by atoms with E-state index in [1.165, 1.54) is 0 Å². The van der Waals surface area contributed by atoms with Gasteiger partial charge in [-0.15, -0.1) is 0 Å². The van der Waals surface area contributed by atoms with Crippen molar-refractivity contribution in [2.75, 3.05) is 14.1 Å². The van der Waals surface area contributed by atoms with Crippen LogP contribution in [-0.4, -0.2) is 35.6 Å². The molecule has 0 aliphatic heterocycles. The summed E-state index contributed by atoms with van der Waals surface area (Å²) >= 11 is 0. The fraction of sp³-hybridized carbons (Fsp3) is 0.900. The van der Waals surface area contributed by atoms with Crippen molar-refractivity contribution in [1.29, 1.82) is 0 Å². The van der Waals surface area contributed by atoms with Crippen molar-refractivity contribution in [3.8, 4) is 0 Å². The SMILES string of the molecule is CCC1CCC(C(=O)O)(N(C)C)C1. The van der Waals surface area contributed by atoms with E-state index in [2.05, 4.69) is 6.92 Å². The number of carboxylic acids is 1. The molecule has 0 aromatic rings. The molecule has 0 saturated heterocycles. The minimum Gasteiger partial charge on any atom is -0.480 e. The van der Waals surface area contributed by atoms with Gasteiger partial charge in [-0.05, 0) is 39.3 Å². The predicted octanol–water partition coefficient (Wildman–Crippen LogP) is 1.58. The summed E-state index contributed by atoms with van der Waals surface area (Å²) in [4.78, 5) is 13.1. The van der Waals surface area contributed by atoms with Crippen molar-refractivity contribution in [1.82, 2.24) is 4.90 Å². The molecule has 1 saturated carbocycles. The first kappa shape index (κ1) is 10.5. The average molecular weight is 185 g/mol. The van der Waals surface area contributed by atoms with Crippen molar-refractivity contribution < 1.29 is 9.90 Å². The lowest BCUT2D eigenvalue weighted by atomic mass is 9.94. The van der Waals surface area contributed by atoms with E-state index in [1.807, 2.05) is 19.0 Å². The first-order chi connectivity index (χ1) is 6.03. The normalized spacial score (nSPS) is 34.0. The summed E-state index contributed by atoms with van der Waals surface area (Å²) in [5.41, 5.74) is -0.583. The second kappa shape index (κ2) is 3.66. The predicted molar refractivity (Wildman–Crippen MR) is 51.7 cm³/mol. The Hall–Kier alpha value is -0.570. The second-order valence-corrected chi connectivity index (χ2v) is 4.25. The Morgan fingerprint density at radius 1 is 1.62 bits per heavy atom. The monoisotopic (exact) mass is 185 g/mol. The molecule has 0 aromatic carbocycles. The summed E-state index contributed by atoms with van der Waals surface area (Å²) in [6, 6.07) is 0. The van der Waals surface area contributed by atoms with Gasteiger partial charge in [0.15, 0.2) is 0 Å². The molecular weight excluding hydrogens is 166 g/mol. The molecular formula is C10H19NO2. The number of likely N-dealkylation sites (N-methyl/N-ethyl adjacent to an activating group) is 1. The van der Waals surface area contributed by atoms with E-state index in [-0.39, 0.29) is 0 Å². The molecule has 1 aliphatic carbocycles. The van der Waals surface area contributed by atoms with Crippen LogP contribution in [0.1, 0.15) is 32.6 Å². The Labute approximate surface area is 79.7 Å². The first-order valence-electron chi connectivity index (χ1n) is 4.93. The zero-order valence-electron chi connectivity index (χ0n) is 8.71. The lowest BCUT2D eigenvalue weighted by Crippen LogP contribution is -2.49. The van der Waals surface area contributed by atoms with Gasteiger partial charge in [0, 0.05) is 0 Å². The molecule has 1 fully saturated rings. The summed E-state index contributed by atoms with van der Waals surface area (Å²) in [5, 5.41) is 9.21. The molecule has 1 aliphatic rings. The number of hydrogen-bond donors (Lipinski definition) is 1. The van der Waals surface area contributed by atoms with Gasteiger partial charge in [0.1, 0.15) is 5.54 Å². The van der Waals surface area contributed by atoms with Gasteiger partial charge in [0.2, 0.25) is 0 Å². The third-order valence-corrected chi connectivity index (χ3v) is 3.42. The van der Waals surface area contributed by atoms with Gasteiger partial charge in [-0.2, -0.15) is 0 Å². The average Bonchev–Trinajstić information content (AvgIpc) is 2.48. The summed E-state index contributed by atoms with van der Waals surface area (Å²) in [7, 11) is 3.73. The number of carbonyl (C=O) groups is 1. The van der Waals surface area contributed by atoms with Gasteiger partial charge in [-0.1, -0.05) is 13.3 Å². The molecule has 76 valence electrons. The molecule has 2 atom stereocenters. The topological polar surface area (TPSA) is 40.5 Å². The molecule has 0 aromatic heterocycles. The lowest BCUT2D eigenvalue weighted by molar-refractivity contribution is -0.149. The van der Waals surface area contributed by atoms with E-state index >= 15 is 0 Å². The third kappa shape index (κ3) is 1.70. The zero-order chi connectivity index (χ0) is 10.1. The van der Waals surface area contributed by atoms with Crippen LogP contribution in [0.5, 0.6) is 0 Å². The second-order valence-electron chi connectivity index (χ2n) is 4.25. The van der Waals surface area contributed by atoms with Crippen LogP contribution in [0.25, 0.3) is 0 Å². The molecule has 1 rings (SSSR count). The summed E-state index contributed by atoms with van der Waals surface area (Å²) < 4.78 is 0. The van der Waals surface area contributed by atoms with Crippen LogP contribution in [0.15, 0.2) is 0 Å². The van der Waals surface area contributed by atoms with E-state index in [4.69, 9.17) is 0 Å². The van der Waals surface area contributed by atoms with E-state index in [0.29, 0.717) is 5.92 Å². The van der Waals surface area contributed by atoms with Gasteiger partial charge in [0.05, 0.1) is 0 Å². The zero-order valence-corrected chi connectivity index (χ0v) is 8.71. The van der Waals surface area contributed by atoms with Gasteiger partial charge in [0.25, 0.3) is 0 Å². The minimum atomic E-state index is -0.659. The van der Waals surface area contributed by atoms with E-state index in [9.17, 15) is 9.90 Å². The highest BCUT2D eigenvalue weighted by atomic mass is 16.4. The molecule has 0 bridgehead atoms. The molecule has 0 spiro atoms. The Morgan fingerprint density at radius 3 is 2.46 bits per heavy atom. The largest absolute Gasteiger partial charge is 0.480 e. The highest BCUT2D eigenvalue weighted by molar-refractivity contribution is 5.79. The maximum atomic E-state index is 11.2. The van der Waals surface area contributed by atoms with E-state index in [0.717, 1.165) is 25.7 Å². The van der Waals surface area contributed by atoms with Gasteiger partial charge >= 0.3 is 5.97 Å². The molecule has 3 nitrogen and oxygen atoms in total. The van der Waals surface area contributed by atoms with Crippen molar-refractivity contribution in [3.63, 3.8) is 0 Å². The number of aliphatic carboxylic acids is 1. The van der Waals surface area contributed by atoms with Crippen LogP contribution in [0.3, 0.4) is 0 Å². The van der Waals surface area contributed by atoms with E-state index < -0.39 is 11.5 Å². The van der Waals surface area contributed by atoms with Crippen molar-refractivity contribution >= 4 is 5.97 Å². The molecule has 13 heavy (non-hydrogen) atoms. The first-order valence-corrected chi connectivity index (χ1v) is 4.93. The molecule has 0 radical (unpaired) electrons. The summed E-state index contributed by atoms with van der Waals surface area (Å²) in [6.07, 6.45) is 3.77. The van der Waals surface area contributed by atoms with Crippen molar-refractivity contribution in [2.45, 2.75) is 38.1 Å². The Morgan fingerprint density at radius 2 is 2.23 bits per heavy atom. The standard InChI is InChI=1S/C10H19NO2/c1-4-8-5-6-10(7-8,9(12)13)11(2)3/h8H,4-7H2,1-3H3,(H,12,13). The Balaban J connectivity index is 2.78. The molecule has 3 heteroatoms. The Bertz CT molecular complexity index is 203. The third-order valence-electron chi connectivity index (χ3n) is 3.42. The minimum absolute atomic E-state index is 0.583. The van der Waals surface area contributed by atoms with Crippen LogP contribution in [0.4, 0.5) is 0 Å². The maximum absolute atomic E-state index is 11.2. The van der Waals surface area contributed by atoms with Crippen LogP contribution < -0.4 is 0 Å². The van der Waals surface area contributed by atoms with Crippen molar-refractivity contribution in [2.24, 2.45) is 5.92 Å². The van der Waals surface area contributed by atoms with Crippen LogP contribution in [0, 0.1) is 5.92 Å². The quantitative estimate of drug-likeness (QED) is 0.725. The lowest BCUT2D eigenvalue weighted by Gasteiger charge is -2.31. The molecule has 2 unspecified atom stereocenters. The van der Waals surface area contributed by atoms with Crippen molar-refractivity contribution in [3.05, 3.63) is 0 Å². The fourth-order valence-corrected chi connectivity index (χ4v) is 2.26. The van der Waals surface area contributed by atoms with E-state index in [1.54, 1.807) is 0 Å². The van der Waals surface area contributed by atoms with Gasteiger partial charge < -0.3 is 5.11 Å². The Kier molecular flexibility index (Phi) is 2.96. The van der Waals surface area contributed by atoms with Gasteiger partial charge in [-0.25, -0.2) is 0 Å². The van der Waals surface area contributed by atoms with Crippen LogP contribution >= 0.6 is 0 Å². The number of carboxylic acid groups (broad SMARTS) is 1. The molecule has 0 amide bonds. The summed E-state index contributed by atoms with van der Waals surface area (Å²) in [6.45, 7) is 2.14. The smallest absolute Gasteiger partial charge is 0.324 e. The maximum Gasteiger partial charge on any atom is 0.324 e. The summed E-state index contributed by atoms with van der Waals surface area (Å²) in [5.74, 6) is -0.0630. The highest BCUT2D eigenvalue weighted by Crippen LogP contribution is 2.39. The fourth-order valence-electron chi connectivity index (χ4n) is 2.26. The number of rotatable bonds is 3. The molecule has 0 heterocycles. The highest BCUT2D eigenvalue weighted by Gasteiger charge is 2.46. The van der Waals surface area contributed by atoms with Crippen LogP contribution in [-0.2, 0) is 4.79 Å².